The van der Waals surface area contributed by atoms with E-state index < -0.39 is 0 Å². The van der Waals surface area contributed by atoms with Gasteiger partial charge in [-0.3, -0.25) is 9.59 Å². The monoisotopic (exact) mass is 304 g/mol. The Bertz CT molecular complexity index is 459. The van der Waals surface area contributed by atoms with Crippen molar-refractivity contribution in [1.82, 2.24) is 5.32 Å². The first kappa shape index (κ1) is 18.2. The molecule has 0 aromatic heterocycles. The Morgan fingerprint density at radius 1 is 1.18 bits per heavy atom. The maximum atomic E-state index is 12.1. The standard InChI is InChI=1S/C18H28N2O2/c1-3-4-12-16(17(19)21)14(2)18(22)20-13-8-11-15-9-6-5-7-10-15/h5-7,9-10,14,16H,3-4,8,11-13H2,1-2H3,(H2,19,21)(H,20,22). The number of carbonyl (C=O) groups is 2. The van der Waals surface area contributed by atoms with E-state index in [2.05, 4.69) is 24.4 Å². The Morgan fingerprint density at radius 3 is 2.45 bits per heavy atom. The smallest absolute Gasteiger partial charge is 0.223 e. The predicted molar refractivity (Wildman–Crippen MR) is 89.1 cm³/mol. The van der Waals surface area contributed by atoms with Crippen LogP contribution in [0.3, 0.4) is 0 Å². The van der Waals surface area contributed by atoms with Crippen LogP contribution in [-0.2, 0) is 16.0 Å². The molecule has 1 rings (SSSR count). The fourth-order valence-corrected chi connectivity index (χ4v) is 2.56. The molecule has 0 saturated heterocycles. The summed E-state index contributed by atoms with van der Waals surface area (Å²) in [7, 11) is 0. The number of aryl methyl sites for hydroxylation is 1. The fraction of sp³-hybridized carbons (Fsp3) is 0.556. The number of unbranched alkanes of at least 4 members (excludes halogenated alkanes) is 1. The summed E-state index contributed by atoms with van der Waals surface area (Å²) in [6.45, 7) is 4.47. The number of hydrogen-bond donors (Lipinski definition) is 2. The summed E-state index contributed by atoms with van der Waals surface area (Å²) in [5.74, 6) is -1.18. The van der Waals surface area contributed by atoms with Gasteiger partial charge >= 0.3 is 0 Å². The van der Waals surface area contributed by atoms with Crippen molar-refractivity contribution in [3.05, 3.63) is 35.9 Å². The van der Waals surface area contributed by atoms with Crippen LogP contribution < -0.4 is 11.1 Å². The molecule has 0 saturated carbocycles. The lowest BCUT2D eigenvalue weighted by Crippen LogP contribution is -2.39. The molecule has 0 aliphatic carbocycles. The molecule has 4 heteroatoms. The van der Waals surface area contributed by atoms with E-state index in [0.717, 1.165) is 25.7 Å². The molecule has 3 N–H and O–H groups in total. The van der Waals surface area contributed by atoms with E-state index in [0.29, 0.717) is 13.0 Å². The van der Waals surface area contributed by atoms with Crippen molar-refractivity contribution in [2.45, 2.75) is 46.0 Å². The van der Waals surface area contributed by atoms with Crippen molar-refractivity contribution in [3.8, 4) is 0 Å². The number of rotatable bonds is 10. The van der Waals surface area contributed by atoms with E-state index in [4.69, 9.17) is 5.73 Å². The number of carbonyl (C=O) groups excluding carboxylic acids is 2. The van der Waals surface area contributed by atoms with E-state index in [9.17, 15) is 9.59 Å². The van der Waals surface area contributed by atoms with Crippen LogP contribution in [0.15, 0.2) is 30.3 Å². The van der Waals surface area contributed by atoms with Gasteiger partial charge in [-0.05, 0) is 24.8 Å². The minimum absolute atomic E-state index is 0.0760. The second-order valence-electron chi connectivity index (χ2n) is 5.82. The van der Waals surface area contributed by atoms with Crippen molar-refractivity contribution in [3.63, 3.8) is 0 Å². The molecular formula is C18H28N2O2. The topological polar surface area (TPSA) is 72.2 Å². The zero-order valence-corrected chi connectivity index (χ0v) is 13.7. The number of hydrogen-bond acceptors (Lipinski definition) is 2. The quantitative estimate of drug-likeness (QED) is 0.652. The van der Waals surface area contributed by atoms with Crippen LogP contribution >= 0.6 is 0 Å². The molecular weight excluding hydrogens is 276 g/mol. The number of amides is 2. The summed E-state index contributed by atoms with van der Waals surface area (Å²) in [5.41, 5.74) is 6.69. The Kier molecular flexibility index (Phi) is 8.26. The Morgan fingerprint density at radius 2 is 1.86 bits per heavy atom. The van der Waals surface area contributed by atoms with Gasteiger partial charge in [0, 0.05) is 18.4 Å². The second kappa shape index (κ2) is 9.98. The summed E-state index contributed by atoms with van der Waals surface area (Å²) in [4.78, 5) is 23.7. The van der Waals surface area contributed by atoms with Crippen LogP contribution in [0.2, 0.25) is 0 Å². The first-order chi connectivity index (χ1) is 10.6. The molecule has 2 unspecified atom stereocenters. The van der Waals surface area contributed by atoms with Crippen LogP contribution in [0.5, 0.6) is 0 Å². The molecule has 0 bridgehead atoms. The van der Waals surface area contributed by atoms with Crippen molar-refractivity contribution >= 4 is 11.8 Å². The summed E-state index contributed by atoms with van der Waals surface area (Å²) in [5, 5.41) is 2.92. The zero-order chi connectivity index (χ0) is 16.4. The predicted octanol–water partition coefficient (Wildman–Crippen LogP) is 2.66. The van der Waals surface area contributed by atoms with Crippen LogP contribution in [0, 0.1) is 11.8 Å². The van der Waals surface area contributed by atoms with Crippen LogP contribution in [0.1, 0.15) is 45.1 Å². The average molecular weight is 304 g/mol. The number of primary amides is 1. The van der Waals surface area contributed by atoms with Crippen molar-refractivity contribution in [2.24, 2.45) is 17.6 Å². The number of nitrogens with one attached hydrogen (secondary N) is 1. The highest BCUT2D eigenvalue weighted by molar-refractivity contribution is 5.86. The molecule has 0 aliphatic rings. The summed E-state index contributed by atoms with van der Waals surface area (Å²) in [6.07, 6.45) is 4.42. The van der Waals surface area contributed by atoms with Crippen LogP contribution in [0.4, 0.5) is 0 Å². The molecule has 4 nitrogen and oxygen atoms in total. The molecule has 0 heterocycles. The fourth-order valence-electron chi connectivity index (χ4n) is 2.56. The molecule has 0 radical (unpaired) electrons. The molecule has 22 heavy (non-hydrogen) atoms. The molecule has 2 atom stereocenters. The maximum Gasteiger partial charge on any atom is 0.223 e. The van der Waals surface area contributed by atoms with E-state index in [-0.39, 0.29) is 23.7 Å². The minimum atomic E-state index is -0.375. The first-order valence-corrected chi connectivity index (χ1v) is 8.17. The minimum Gasteiger partial charge on any atom is -0.369 e. The normalized spacial score (nSPS) is 13.4. The molecule has 2 amide bonds. The van der Waals surface area contributed by atoms with Gasteiger partial charge in [0.25, 0.3) is 0 Å². The van der Waals surface area contributed by atoms with Gasteiger partial charge in [-0.2, -0.15) is 0 Å². The van der Waals surface area contributed by atoms with Crippen molar-refractivity contribution in [2.75, 3.05) is 6.54 Å². The third kappa shape index (κ3) is 6.29. The van der Waals surface area contributed by atoms with Gasteiger partial charge < -0.3 is 11.1 Å². The molecule has 0 fully saturated rings. The summed E-state index contributed by atoms with van der Waals surface area (Å²) in [6, 6.07) is 10.2. The Labute approximate surface area is 133 Å². The SMILES string of the molecule is CCCCC(C(N)=O)C(C)C(=O)NCCCc1ccccc1. The van der Waals surface area contributed by atoms with Crippen molar-refractivity contribution < 1.29 is 9.59 Å². The van der Waals surface area contributed by atoms with Gasteiger partial charge in [0.05, 0.1) is 0 Å². The van der Waals surface area contributed by atoms with Gasteiger partial charge in [0.1, 0.15) is 0 Å². The highest BCUT2D eigenvalue weighted by atomic mass is 16.2. The number of benzene rings is 1. The summed E-state index contributed by atoms with van der Waals surface area (Å²) < 4.78 is 0. The lowest BCUT2D eigenvalue weighted by atomic mass is 9.88. The van der Waals surface area contributed by atoms with Gasteiger partial charge in [-0.1, -0.05) is 57.0 Å². The van der Waals surface area contributed by atoms with E-state index >= 15 is 0 Å². The van der Waals surface area contributed by atoms with Crippen molar-refractivity contribution in [1.29, 1.82) is 0 Å². The number of nitrogens with two attached hydrogens (primary N) is 1. The highest BCUT2D eigenvalue weighted by Gasteiger charge is 2.27. The van der Waals surface area contributed by atoms with Gasteiger partial charge in [0.2, 0.25) is 11.8 Å². The molecule has 0 aliphatic heterocycles. The molecule has 0 spiro atoms. The largest absolute Gasteiger partial charge is 0.369 e. The van der Waals surface area contributed by atoms with E-state index in [1.165, 1.54) is 5.56 Å². The maximum absolute atomic E-state index is 12.1. The third-order valence-corrected chi connectivity index (χ3v) is 4.04. The highest BCUT2D eigenvalue weighted by Crippen LogP contribution is 2.18. The van der Waals surface area contributed by atoms with E-state index in [1.54, 1.807) is 6.92 Å². The lowest BCUT2D eigenvalue weighted by Gasteiger charge is -2.20. The third-order valence-electron chi connectivity index (χ3n) is 4.04. The Balaban J connectivity index is 2.34. The zero-order valence-electron chi connectivity index (χ0n) is 13.7. The first-order valence-electron chi connectivity index (χ1n) is 8.17. The van der Waals surface area contributed by atoms with Gasteiger partial charge in [0.15, 0.2) is 0 Å². The van der Waals surface area contributed by atoms with Crippen LogP contribution in [-0.4, -0.2) is 18.4 Å². The van der Waals surface area contributed by atoms with E-state index in [1.807, 2.05) is 18.2 Å². The van der Waals surface area contributed by atoms with Gasteiger partial charge in [-0.25, -0.2) is 0 Å². The lowest BCUT2D eigenvalue weighted by molar-refractivity contribution is -0.132. The van der Waals surface area contributed by atoms with Gasteiger partial charge in [-0.15, -0.1) is 0 Å². The molecule has 1 aromatic carbocycles. The Hall–Kier alpha value is -1.84. The second-order valence-corrected chi connectivity index (χ2v) is 5.82. The van der Waals surface area contributed by atoms with Crippen LogP contribution in [0.25, 0.3) is 0 Å². The molecule has 1 aromatic rings. The molecule has 122 valence electrons. The average Bonchev–Trinajstić information content (AvgIpc) is 2.52. The summed E-state index contributed by atoms with van der Waals surface area (Å²) >= 11 is 0.